The first kappa shape index (κ1) is 18.1. The zero-order valence-electron chi connectivity index (χ0n) is 13.5. The van der Waals surface area contributed by atoms with Gasteiger partial charge in [-0.3, -0.25) is 4.79 Å². The van der Waals surface area contributed by atoms with Crippen molar-refractivity contribution in [2.45, 2.75) is 31.8 Å². The van der Waals surface area contributed by atoms with Gasteiger partial charge in [0.15, 0.2) is 0 Å². The van der Waals surface area contributed by atoms with Gasteiger partial charge in [0, 0.05) is 21.1 Å². The van der Waals surface area contributed by atoms with Gasteiger partial charge in [-0.15, -0.1) is 0 Å². The number of amides is 1. The summed E-state index contributed by atoms with van der Waals surface area (Å²) in [5, 5.41) is 2.56. The van der Waals surface area contributed by atoms with E-state index in [0.717, 1.165) is 31.8 Å². The van der Waals surface area contributed by atoms with E-state index in [0.29, 0.717) is 6.61 Å². The van der Waals surface area contributed by atoms with Crippen molar-refractivity contribution in [3.8, 4) is 5.75 Å². The van der Waals surface area contributed by atoms with Gasteiger partial charge in [-0.1, -0.05) is 25.1 Å². The van der Waals surface area contributed by atoms with Gasteiger partial charge < -0.3 is 10.1 Å². The van der Waals surface area contributed by atoms with Crippen molar-refractivity contribution >= 4 is 39.6 Å². The van der Waals surface area contributed by atoms with Gasteiger partial charge in [0.1, 0.15) is 12.4 Å². The molecule has 1 amide bonds. The summed E-state index contributed by atoms with van der Waals surface area (Å²) in [5.41, 5.74) is 3.48. The summed E-state index contributed by atoms with van der Waals surface area (Å²) in [4.78, 5) is 12.6. The van der Waals surface area contributed by atoms with Gasteiger partial charge in [0.2, 0.25) is 0 Å². The lowest BCUT2D eigenvalue weighted by Gasteiger charge is -2.14. The van der Waals surface area contributed by atoms with Crippen molar-refractivity contribution in [2.75, 3.05) is 7.05 Å². The largest absolute Gasteiger partial charge is 0.489 e. The highest BCUT2D eigenvalue weighted by molar-refractivity contribution is 14.1. The van der Waals surface area contributed by atoms with Crippen molar-refractivity contribution in [3.05, 3.63) is 56.7 Å². The SMILES string of the molecule is CCc1ccc(OCc2c(I)cccc2SC(=O)NC)c(C)c1. The third kappa shape index (κ3) is 4.88. The number of hydrogen-bond acceptors (Lipinski definition) is 3. The van der Waals surface area contributed by atoms with Crippen LogP contribution < -0.4 is 10.1 Å². The number of nitrogens with one attached hydrogen (secondary N) is 1. The van der Waals surface area contributed by atoms with E-state index in [1.54, 1.807) is 7.05 Å². The second-order valence-electron chi connectivity index (χ2n) is 5.10. The van der Waals surface area contributed by atoms with Crippen molar-refractivity contribution in [2.24, 2.45) is 0 Å². The van der Waals surface area contributed by atoms with Gasteiger partial charge >= 0.3 is 0 Å². The average Bonchev–Trinajstić information content (AvgIpc) is 2.55. The van der Waals surface area contributed by atoms with E-state index in [4.69, 9.17) is 4.74 Å². The lowest BCUT2D eigenvalue weighted by Crippen LogP contribution is -2.12. The molecule has 0 saturated heterocycles. The Morgan fingerprint density at radius 1 is 1.30 bits per heavy atom. The summed E-state index contributed by atoms with van der Waals surface area (Å²) >= 11 is 3.48. The van der Waals surface area contributed by atoms with Crippen LogP contribution in [0, 0.1) is 10.5 Å². The molecule has 0 radical (unpaired) electrons. The minimum absolute atomic E-state index is 0.0725. The van der Waals surface area contributed by atoms with Crippen LogP contribution in [0.15, 0.2) is 41.3 Å². The molecule has 0 aromatic heterocycles. The lowest BCUT2D eigenvalue weighted by atomic mass is 10.1. The fraction of sp³-hybridized carbons (Fsp3) is 0.278. The number of carbonyl (C=O) groups excluding carboxylic acids is 1. The van der Waals surface area contributed by atoms with Gasteiger partial charge in [0.25, 0.3) is 5.24 Å². The highest BCUT2D eigenvalue weighted by Gasteiger charge is 2.12. The number of hydrogen-bond donors (Lipinski definition) is 1. The van der Waals surface area contributed by atoms with Gasteiger partial charge in [-0.05, 0) is 77.0 Å². The number of halogens is 1. The first-order chi connectivity index (χ1) is 11.0. The van der Waals surface area contributed by atoms with Gasteiger partial charge in [-0.25, -0.2) is 0 Å². The standard InChI is InChI=1S/C18H20INO2S/c1-4-13-8-9-16(12(2)10-13)22-11-14-15(19)6-5-7-17(14)23-18(21)20-3/h5-10H,4,11H2,1-3H3,(H,20,21). The Hall–Kier alpha value is -1.21. The van der Waals surface area contributed by atoms with Crippen LogP contribution in [0.4, 0.5) is 4.79 Å². The molecule has 0 bridgehead atoms. The molecular weight excluding hydrogens is 421 g/mol. The predicted molar refractivity (Wildman–Crippen MR) is 104 cm³/mol. The fourth-order valence-corrected chi connectivity index (χ4v) is 3.75. The zero-order valence-corrected chi connectivity index (χ0v) is 16.5. The minimum Gasteiger partial charge on any atom is -0.489 e. The van der Waals surface area contributed by atoms with Crippen LogP contribution in [0.2, 0.25) is 0 Å². The third-order valence-electron chi connectivity index (χ3n) is 3.50. The van der Waals surface area contributed by atoms with Crippen LogP contribution >= 0.6 is 34.4 Å². The summed E-state index contributed by atoms with van der Waals surface area (Å²) in [7, 11) is 1.64. The molecule has 122 valence electrons. The number of benzene rings is 2. The van der Waals surface area contributed by atoms with E-state index in [9.17, 15) is 4.79 Å². The molecule has 0 aliphatic heterocycles. The van der Waals surface area contributed by atoms with Crippen LogP contribution in [-0.4, -0.2) is 12.3 Å². The molecule has 3 nitrogen and oxygen atoms in total. The Morgan fingerprint density at radius 3 is 2.74 bits per heavy atom. The summed E-state index contributed by atoms with van der Waals surface area (Å²) in [5.74, 6) is 0.887. The van der Waals surface area contributed by atoms with Crippen LogP contribution in [0.1, 0.15) is 23.6 Å². The van der Waals surface area contributed by atoms with Gasteiger partial charge in [-0.2, -0.15) is 0 Å². The van der Waals surface area contributed by atoms with Crippen molar-refractivity contribution in [1.29, 1.82) is 0 Å². The van der Waals surface area contributed by atoms with Crippen molar-refractivity contribution in [3.63, 3.8) is 0 Å². The maximum atomic E-state index is 11.7. The molecule has 2 aromatic rings. The number of carbonyl (C=O) groups is 1. The number of ether oxygens (including phenoxy) is 1. The summed E-state index contributed by atoms with van der Waals surface area (Å²) in [6.07, 6.45) is 1.02. The quantitative estimate of drug-likeness (QED) is 0.514. The third-order valence-corrected chi connectivity index (χ3v) is 5.50. The number of aryl methyl sites for hydroxylation is 2. The summed E-state index contributed by atoms with van der Waals surface area (Å²) < 4.78 is 7.11. The molecule has 0 saturated carbocycles. The maximum Gasteiger partial charge on any atom is 0.283 e. The number of thioether (sulfide) groups is 1. The summed E-state index contributed by atoms with van der Waals surface area (Å²) in [6, 6.07) is 12.2. The van der Waals surface area contributed by atoms with Crippen molar-refractivity contribution < 1.29 is 9.53 Å². The topological polar surface area (TPSA) is 38.3 Å². The minimum atomic E-state index is -0.0725. The Labute approximate surface area is 155 Å². The van der Waals surface area contributed by atoms with Crippen LogP contribution in [0.5, 0.6) is 5.75 Å². The fourth-order valence-electron chi connectivity index (χ4n) is 2.17. The smallest absolute Gasteiger partial charge is 0.283 e. The molecule has 0 atom stereocenters. The molecule has 0 fully saturated rings. The molecule has 0 heterocycles. The Balaban J connectivity index is 2.18. The second kappa shape index (κ2) is 8.59. The lowest BCUT2D eigenvalue weighted by molar-refractivity contribution is 0.262. The average molecular weight is 441 g/mol. The van der Waals surface area contributed by atoms with E-state index in [1.165, 1.54) is 17.3 Å². The van der Waals surface area contributed by atoms with E-state index in [2.05, 4.69) is 53.9 Å². The summed E-state index contributed by atoms with van der Waals surface area (Å²) in [6.45, 7) is 4.65. The molecule has 2 aromatic carbocycles. The Kier molecular flexibility index (Phi) is 6.77. The molecule has 0 unspecified atom stereocenters. The zero-order chi connectivity index (χ0) is 16.8. The highest BCUT2D eigenvalue weighted by atomic mass is 127. The van der Waals surface area contributed by atoms with Crippen LogP contribution in [-0.2, 0) is 13.0 Å². The first-order valence-corrected chi connectivity index (χ1v) is 9.34. The van der Waals surface area contributed by atoms with E-state index < -0.39 is 0 Å². The van der Waals surface area contributed by atoms with E-state index >= 15 is 0 Å². The van der Waals surface area contributed by atoms with Gasteiger partial charge in [0.05, 0.1) is 0 Å². The second-order valence-corrected chi connectivity index (χ2v) is 7.28. The number of rotatable bonds is 5. The maximum absolute atomic E-state index is 11.7. The van der Waals surface area contributed by atoms with Crippen molar-refractivity contribution in [1.82, 2.24) is 5.32 Å². The predicted octanol–water partition coefficient (Wildman–Crippen LogP) is 5.17. The van der Waals surface area contributed by atoms with E-state index in [-0.39, 0.29) is 5.24 Å². The molecule has 5 heteroatoms. The molecule has 0 spiro atoms. The molecule has 0 aliphatic carbocycles. The van der Waals surface area contributed by atoms with Crippen LogP contribution in [0.3, 0.4) is 0 Å². The molecule has 2 rings (SSSR count). The molecular formula is C18H20INO2S. The first-order valence-electron chi connectivity index (χ1n) is 7.44. The Bertz CT molecular complexity index is 703. The highest BCUT2D eigenvalue weighted by Crippen LogP contribution is 2.29. The molecule has 23 heavy (non-hydrogen) atoms. The molecule has 0 aliphatic rings. The van der Waals surface area contributed by atoms with Crippen LogP contribution in [0.25, 0.3) is 0 Å². The monoisotopic (exact) mass is 441 g/mol. The Morgan fingerprint density at radius 2 is 2.09 bits per heavy atom. The molecule has 1 N–H and O–H groups in total. The van der Waals surface area contributed by atoms with E-state index in [1.807, 2.05) is 24.3 Å². The normalized spacial score (nSPS) is 10.4.